The molecule has 1 aromatic carbocycles. The van der Waals surface area contributed by atoms with Gasteiger partial charge in [0.2, 0.25) is 0 Å². The summed E-state index contributed by atoms with van der Waals surface area (Å²) in [5.41, 5.74) is 1.24. The molecular formula is C13H18N2. The maximum absolute atomic E-state index is 3.62. The molecule has 80 valence electrons. The van der Waals surface area contributed by atoms with Crippen molar-refractivity contribution in [2.24, 2.45) is 11.8 Å². The second-order valence-corrected chi connectivity index (χ2v) is 4.76. The first-order valence-electron chi connectivity index (χ1n) is 5.96. The van der Waals surface area contributed by atoms with E-state index in [4.69, 9.17) is 0 Å². The van der Waals surface area contributed by atoms with Crippen molar-refractivity contribution in [3.63, 3.8) is 0 Å². The summed E-state index contributed by atoms with van der Waals surface area (Å²) < 4.78 is 0. The first-order chi connectivity index (χ1) is 7.43. The van der Waals surface area contributed by atoms with Crippen LogP contribution >= 0.6 is 0 Å². The molecule has 3 unspecified atom stereocenters. The van der Waals surface area contributed by atoms with Gasteiger partial charge in [-0.1, -0.05) is 18.2 Å². The number of fused-ring (bicyclic) bond motifs is 1. The average Bonchev–Trinajstić information content (AvgIpc) is 3.07. The molecule has 1 aliphatic carbocycles. The molecule has 3 atom stereocenters. The predicted molar refractivity (Wildman–Crippen MR) is 62.9 cm³/mol. The Labute approximate surface area is 91.1 Å². The fourth-order valence-corrected chi connectivity index (χ4v) is 2.71. The van der Waals surface area contributed by atoms with Crippen LogP contribution in [-0.2, 0) is 0 Å². The predicted octanol–water partition coefficient (Wildman–Crippen LogP) is 2.10. The van der Waals surface area contributed by atoms with E-state index in [1.807, 2.05) is 0 Å². The Hall–Kier alpha value is -1.02. The molecule has 0 aromatic heterocycles. The molecule has 1 heterocycles. The molecule has 2 nitrogen and oxygen atoms in total. The van der Waals surface area contributed by atoms with Gasteiger partial charge in [0.05, 0.1) is 0 Å². The van der Waals surface area contributed by atoms with Crippen LogP contribution in [0.15, 0.2) is 30.3 Å². The van der Waals surface area contributed by atoms with Crippen LogP contribution in [0.4, 0.5) is 5.69 Å². The third-order valence-corrected chi connectivity index (χ3v) is 3.72. The van der Waals surface area contributed by atoms with Crippen LogP contribution in [-0.4, -0.2) is 19.1 Å². The fourth-order valence-electron chi connectivity index (χ4n) is 2.71. The van der Waals surface area contributed by atoms with Crippen molar-refractivity contribution in [2.75, 3.05) is 18.4 Å². The second-order valence-electron chi connectivity index (χ2n) is 4.76. The molecule has 1 saturated heterocycles. The van der Waals surface area contributed by atoms with Crippen molar-refractivity contribution in [3.8, 4) is 0 Å². The third kappa shape index (κ3) is 2.00. The first kappa shape index (κ1) is 9.22. The van der Waals surface area contributed by atoms with Gasteiger partial charge in [0.1, 0.15) is 0 Å². The lowest BCUT2D eigenvalue weighted by molar-refractivity contribution is 0.393. The maximum atomic E-state index is 3.62. The molecule has 15 heavy (non-hydrogen) atoms. The summed E-state index contributed by atoms with van der Waals surface area (Å²) in [7, 11) is 0. The first-order valence-corrected chi connectivity index (χ1v) is 5.96. The van der Waals surface area contributed by atoms with Gasteiger partial charge < -0.3 is 10.6 Å². The molecule has 2 N–H and O–H groups in total. The maximum Gasteiger partial charge on any atom is 0.0340 e. The number of nitrogens with one attached hydrogen (secondary N) is 2. The highest BCUT2D eigenvalue weighted by Gasteiger charge is 2.44. The van der Waals surface area contributed by atoms with Gasteiger partial charge in [0.25, 0.3) is 0 Å². The van der Waals surface area contributed by atoms with Crippen molar-refractivity contribution in [3.05, 3.63) is 30.3 Å². The standard InChI is InChI=1S/C13H18N2/c1-2-4-11(5-3-1)15-9-13-12-8-10(12)6-7-14-13/h1-5,10,12-15H,6-9H2. The largest absolute Gasteiger partial charge is 0.383 e. The molecule has 1 saturated carbocycles. The molecule has 1 aliphatic heterocycles. The number of anilines is 1. The van der Waals surface area contributed by atoms with E-state index >= 15 is 0 Å². The lowest BCUT2D eigenvalue weighted by atomic mass is 10.1. The monoisotopic (exact) mass is 202 g/mol. The Kier molecular flexibility index (Phi) is 2.37. The highest BCUT2D eigenvalue weighted by Crippen LogP contribution is 2.45. The summed E-state index contributed by atoms with van der Waals surface area (Å²) in [6.45, 7) is 2.29. The van der Waals surface area contributed by atoms with Crippen LogP contribution in [0, 0.1) is 11.8 Å². The lowest BCUT2D eigenvalue weighted by Gasteiger charge is -2.23. The van der Waals surface area contributed by atoms with E-state index in [0.717, 1.165) is 18.4 Å². The SMILES string of the molecule is c1ccc(NCC2NCCC3CC32)cc1. The third-order valence-electron chi connectivity index (χ3n) is 3.72. The van der Waals surface area contributed by atoms with Crippen molar-refractivity contribution < 1.29 is 0 Å². The van der Waals surface area contributed by atoms with Gasteiger partial charge in [-0.15, -0.1) is 0 Å². The van der Waals surface area contributed by atoms with Crippen molar-refractivity contribution in [1.82, 2.24) is 5.32 Å². The topological polar surface area (TPSA) is 24.1 Å². The Balaban J connectivity index is 1.54. The number of piperidine rings is 1. The van der Waals surface area contributed by atoms with E-state index < -0.39 is 0 Å². The highest BCUT2D eigenvalue weighted by molar-refractivity contribution is 5.42. The summed E-state index contributed by atoms with van der Waals surface area (Å²) >= 11 is 0. The lowest BCUT2D eigenvalue weighted by Crippen LogP contribution is -2.41. The normalized spacial score (nSPS) is 33.2. The van der Waals surface area contributed by atoms with Crippen LogP contribution in [0.1, 0.15) is 12.8 Å². The molecule has 1 aromatic rings. The molecule has 0 amide bonds. The highest BCUT2D eigenvalue weighted by atomic mass is 15.0. The number of hydrogen-bond donors (Lipinski definition) is 2. The second kappa shape index (κ2) is 3.86. The van der Waals surface area contributed by atoms with Crippen molar-refractivity contribution >= 4 is 5.69 Å². The van der Waals surface area contributed by atoms with Crippen molar-refractivity contribution in [1.29, 1.82) is 0 Å². The summed E-state index contributed by atoms with van der Waals surface area (Å²) in [4.78, 5) is 0. The van der Waals surface area contributed by atoms with Crippen LogP contribution in [0.25, 0.3) is 0 Å². The molecule has 0 spiro atoms. The zero-order valence-electron chi connectivity index (χ0n) is 8.95. The minimum absolute atomic E-state index is 0.698. The minimum atomic E-state index is 0.698. The Bertz CT molecular complexity index is 323. The van der Waals surface area contributed by atoms with Gasteiger partial charge in [-0.2, -0.15) is 0 Å². The van der Waals surface area contributed by atoms with Crippen LogP contribution in [0.2, 0.25) is 0 Å². The Morgan fingerprint density at radius 3 is 3.00 bits per heavy atom. The van der Waals surface area contributed by atoms with Gasteiger partial charge in [-0.3, -0.25) is 0 Å². The molecule has 0 radical (unpaired) electrons. The minimum Gasteiger partial charge on any atom is -0.383 e. The number of benzene rings is 1. The number of hydrogen-bond acceptors (Lipinski definition) is 2. The van der Waals surface area contributed by atoms with Crippen LogP contribution in [0.5, 0.6) is 0 Å². The zero-order valence-corrected chi connectivity index (χ0v) is 8.95. The smallest absolute Gasteiger partial charge is 0.0340 e. The summed E-state index contributed by atoms with van der Waals surface area (Å²) in [6, 6.07) is 11.2. The van der Waals surface area contributed by atoms with E-state index in [1.165, 1.54) is 25.1 Å². The van der Waals surface area contributed by atoms with E-state index in [-0.39, 0.29) is 0 Å². The fraction of sp³-hybridized carbons (Fsp3) is 0.538. The summed E-state index contributed by atoms with van der Waals surface area (Å²) in [6.07, 6.45) is 2.85. The van der Waals surface area contributed by atoms with Crippen molar-refractivity contribution in [2.45, 2.75) is 18.9 Å². The number of para-hydroxylation sites is 1. The molecule has 2 heteroatoms. The van der Waals surface area contributed by atoms with Crippen LogP contribution < -0.4 is 10.6 Å². The molecule has 0 bridgehead atoms. The van der Waals surface area contributed by atoms with E-state index in [0.29, 0.717) is 6.04 Å². The summed E-state index contributed by atoms with van der Waals surface area (Å²) in [5, 5.41) is 7.13. The Morgan fingerprint density at radius 2 is 2.13 bits per heavy atom. The average molecular weight is 202 g/mol. The van der Waals surface area contributed by atoms with Gasteiger partial charge in [0.15, 0.2) is 0 Å². The zero-order chi connectivity index (χ0) is 10.1. The van der Waals surface area contributed by atoms with E-state index in [9.17, 15) is 0 Å². The number of rotatable bonds is 3. The van der Waals surface area contributed by atoms with Gasteiger partial charge in [0, 0.05) is 18.3 Å². The van der Waals surface area contributed by atoms with Gasteiger partial charge >= 0.3 is 0 Å². The van der Waals surface area contributed by atoms with Gasteiger partial charge in [-0.05, 0) is 43.4 Å². The molecule has 2 aliphatic rings. The Morgan fingerprint density at radius 1 is 1.27 bits per heavy atom. The summed E-state index contributed by atoms with van der Waals surface area (Å²) in [5.74, 6) is 1.99. The van der Waals surface area contributed by atoms with Crippen LogP contribution in [0.3, 0.4) is 0 Å². The van der Waals surface area contributed by atoms with E-state index in [2.05, 4.69) is 41.0 Å². The molecule has 3 rings (SSSR count). The molecule has 2 fully saturated rings. The quantitative estimate of drug-likeness (QED) is 0.784. The van der Waals surface area contributed by atoms with Gasteiger partial charge in [-0.25, -0.2) is 0 Å². The van der Waals surface area contributed by atoms with E-state index in [1.54, 1.807) is 0 Å². The molecular weight excluding hydrogens is 184 g/mol.